The highest BCUT2D eigenvalue weighted by atomic mass is 32.2. The molecule has 0 amide bonds. The lowest BCUT2D eigenvalue weighted by molar-refractivity contribution is -0.00671. The summed E-state index contributed by atoms with van der Waals surface area (Å²) < 4.78 is 51.8. The summed E-state index contributed by atoms with van der Waals surface area (Å²) in [5.74, 6) is -0.157. The van der Waals surface area contributed by atoms with Crippen LogP contribution in [0.15, 0.2) is 0 Å². The van der Waals surface area contributed by atoms with Gasteiger partial charge in [-0.05, 0) is 0 Å². The zero-order valence-corrected chi connectivity index (χ0v) is 13.6. The molecule has 0 saturated carbocycles. The van der Waals surface area contributed by atoms with Crippen LogP contribution < -0.4 is 0 Å². The van der Waals surface area contributed by atoms with Gasteiger partial charge in [0.15, 0.2) is 0 Å². The van der Waals surface area contributed by atoms with Gasteiger partial charge in [-0.2, -0.15) is 8.42 Å². The first-order valence-electron chi connectivity index (χ1n) is 6.70. The minimum atomic E-state index is -3.44. The Balaban J connectivity index is 3.09. The third-order valence-electron chi connectivity index (χ3n) is 2.28. The molecule has 0 N–H and O–H groups in total. The fraction of sp³-hybridized carbons (Fsp3) is 1.00. The summed E-state index contributed by atoms with van der Waals surface area (Å²) in [7, 11) is -0.693. The van der Waals surface area contributed by atoms with E-state index in [1.54, 1.807) is 7.11 Å². The van der Waals surface area contributed by atoms with Crippen molar-refractivity contribution in [3.8, 4) is 0 Å². The summed E-state index contributed by atoms with van der Waals surface area (Å²) in [5.41, 5.74) is 0. The van der Waals surface area contributed by atoms with E-state index >= 15 is 0 Å². The van der Waals surface area contributed by atoms with Crippen LogP contribution in [0, 0.1) is 0 Å². The Labute approximate surface area is 126 Å². The van der Waals surface area contributed by atoms with Crippen LogP contribution in [0.3, 0.4) is 0 Å². The second-order valence-electron chi connectivity index (χ2n) is 3.87. The standard InChI is InChI=1S/C12H26O8S/c1-15-3-4-17-5-6-18-7-8-19-9-10-20-11-12-21(13,14)16-2/h3-12H2,1-2H3. The molecule has 0 heterocycles. The number of rotatable bonds is 16. The lowest BCUT2D eigenvalue weighted by atomic mass is 10.7. The topological polar surface area (TPSA) is 89.5 Å². The van der Waals surface area contributed by atoms with Crippen LogP contribution in [0.5, 0.6) is 0 Å². The molecule has 0 aliphatic rings. The van der Waals surface area contributed by atoms with Crippen LogP contribution in [0.2, 0.25) is 0 Å². The van der Waals surface area contributed by atoms with Gasteiger partial charge in [0.1, 0.15) is 0 Å². The Morgan fingerprint density at radius 2 is 1.00 bits per heavy atom. The van der Waals surface area contributed by atoms with E-state index in [0.717, 1.165) is 7.11 Å². The molecule has 0 fully saturated rings. The van der Waals surface area contributed by atoms with Gasteiger partial charge >= 0.3 is 0 Å². The molecule has 0 saturated heterocycles. The molecule has 9 heteroatoms. The molecule has 0 rings (SSSR count). The maximum absolute atomic E-state index is 11.0. The van der Waals surface area contributed by atoms with Gasteiger partial charge in [-0.15, -0.1) is 0 Å². The zero-order chi connectivity index (χ0) is 15.8. The third-order valence-corrected chi connectivity index (χ3v) is 3.45. The molecule has 8 nitrogen and oxygen atoms in total. The lowest BCUT2D eigenvalue weighted by Gasteiger charge is -2.07. The van der Waals surface area contributed by atoms with Gasteiger partial charge < -0.3 is 23.7 Å². The monoisotopic (exact) mass is 330 g/mol. The zero-order valence-electron chi connectivity index (χ0n) is 12.7. The number of hydrogen-bond donors (Lipinski definition) is 0. The first kappa shape index (κ1) is 20.7. The largest absolute Gasteiger partial charge is 0.382 e. The predicted octanol–water partition coefficient (Wildman–Crippen LogP) is -0.325. The minimum Gasteiger partial charge on any atom is -0.382 e. The van der Waals surface area contributed by atoms with E-state index in [9.17, 15) is 8.42 Å². The van der Waals surface area contributed by atoms with E-state index in [1.807, 2.05) is 0 Å². The van der Waals surface area contributed by atoms with Crippen molar-refractivity contribution in [2.45, 2.75) is 0 Å². The van der Waals surface area contributed by atoms with Crippen LogP contribution in [0.4, 0.5) is 0 Å². The van der Waals surface area contributed by atoms with Gasteiger partial charge in [0.05, 0.1) is 72.3 Å². The quantitative estimate of drug-likeness (QED) is 0.281. The van der Waals surface area contributed by atoms with E-state index in [-0.39, 0.29) is 12.4 Å². The molecule has 0 aromatic carbocycles. The Morgan fingerprint density at radius 1 is 0.619 bits per heavy atom. The predicted molar refractivity (Wildman–Crippen MR) is 75.9 cm³/mol. The van der Waals surface area contributed by atoms with Crippen molar-refractivity contribution in [1.82, 2.24) is 0 Å². The molecule has 0 bridgehead atoms. The smallest absolute Gasteiger partial charge is 0.269 e. The van der Waals surface area contributed by atoms with Gasteiger partial charge in [0, 0.05) is 7.11 Å². The maximum atomic E-state index is 11.0. The Hall–Kier alpha value is -0.290. The maximum Gasteiger partial charge on any atom is 0.269 e. The number of ether oxygens (including phenoxy) is 5. The van der Waals surface area contributed by atoms with Crippen molar-refractivity contribution in [2.24, 2.45) is 0 Å². The highest BCUT2D eigenvalue weighted by molar-refractivity contribution is 7.86. The Bertz CT molecular complexity index is 306. The first-order valence-corrected chi connectivity index (χ1v) is 8.28. The highest BCUT2D eigenvalue weighted by Crippen LogP contribution is 1.90. The van der Waals surface area contributed by atoms with Crippen LogP contribution in [0.1, 0.15) is 0 Å². The van der Waals surface area contributed by atoms with Gasteiger partial charge in [0.2, 0.25) is 0 Å². The molecular formula is C12H26O8S. The summed E-state index contributed by atoms with van der Waals surface area (Å²) in [6.07, 6.45) is 0. The molecular weight excluding hydrogens is 304 g/mol. The average molecular weight is 330 g/mol. The third kappa shape index (κ3) is 15.9. The number of methoxy groups -OCH3 is 1. The van der Waals surface area contributed by atoms with Gasteiger partial charge in [-0.25, -0.2) is 0 Å². The molecule has 0 unspecified atom stereocenters. The molecule has 0 aliphatic heterocycles. The second-order valence-corrected chi connectivity index (χ2v) is 5.73. The molecule has 0 atom stereocenters. The van der Waals surface area contributed by atoms with Crippen LogP contribution in [-0.4, -0.2) is 87.9 Å². The summed E-state index contributed by atoms with van der Waals surface area (Å²) in [4.78, 5) is 0. The fourth-order valence-electron chi connectivity index (χ4n) is 1.15. The number of hydrogen-bond acceptors (Lipinski definition) is 8. The van der Waals surface area contributed by atoms with E-state index in [0.29, 0.717) is 52.9 Å². The molecule has 0 aliphatic carbocycles. The highest BCUT2D eigenvalue weighted by Gasteiger charge is 2.07. The Kier molecular flexibility index (Phi) is 14.4. The summed E-state index contributed by atoms with van der Waals surface area (Å²) in [6, 6.07) is 0. The van der Waals surface area contributed by atoms with Crippen LogP contribution >= 0.6 is 0 Å². The van der Waals surface area contributed by atoms with E-state index < -0.39 is 10.1 Å². The summed E-state index contributed by atoms with van der Waals surface area (Å²) in [6.45, 7) is 3.93. The second kappa shape index (κ2) is 14.6. The van der Waals surface area contributed by atoms with Crippen molar-refractivity contribution >= 4 is 10.1 Å². The Morgan fingerprint density at radius 3 is 1.38 bits per heavy atom. The molecule has 21 heavy (non-hydrogen) atoms. The summed E-state index contributed by atoms with van der Waals surface area (Å²) in [5, 5.41) is 0. The molecule has 0 aromatic heterocycles. The SMILES string of the molecule is COCCOCCOCCOCCOCCS(=O)(=O)OC. The molecule has 0 aromatic rings. The fourth-order valence-corrected chi connectivity index (χ4v) is 1.64. The summed E-state index contributed by atoms with van der Waals surface area (Å²) >= 11 is 0. The molecule has 128 valence electrons. The first-order chi connectivity index (χ1) is 10.1. The van der Waals surface area contributed by atoms with Gasteiger partial charge in [0.25, 0.3) is 10.1 Å². The minimum absolute atomic E-state index is 0.0921. The van der Waals surface area contributed by atoms with Crippen molar-refractivity contribution in [3.63, 3.8) is 0 Å². The van der Waals surface area contributed by atoms with Crippen molar-refractivity contribution in [1.29, 1.82) is 0 Å². The van der Waals surface area contributed by atoms with Gasteiger partial charge in [-0.3, -0.25) is 4.18 Å². The van der Waals surface area contributed by atoms with Crippen LogP contribution in [-0.2, 0) is 38.0 Å². The van der Waals surface area contributed by atoms with Crippen molar-refractivity contribution in [2.75, 3.05) is 79.4 Å². The average Bonchev–Trinajstić information content (AvgIpc) is 2.47. The van der Waals surface area contributed by atoms with Gasteiger partial charge in [-0.1, -0.05) is 0 Å². The van der Waals surface area contributed by atoms with E-state index in [4.69, 9.17) is 23.7 Å². The van der Waals surface area contributed by atoms with Crippen molar-refractivity contribution < 1.29 is 36.3 Å². The van der Waals surface area contributed by atoms with E-state index in [2.05, 4.69) is 4.18 Å². The van der Waals surface area contributed by atoms with Crippen molar-refractivity contribution in [3.05, 3.63) is 0 Å². The lowest BCUT2D eigenvalue weighted by Crippen LogP contribution is -2.16. The molecule has 0 spiro atoms. The van der Waals surface area contributed by atoms with Crippen LogP contribution in [0.25, 0.3) is 0 Å². The molecule has 0 radical (unpaired) electrons. The van der Waals surface area contributed by atoms with E-state index in [1.165, 1.54) is 0 Å². The normalized spacial score (nSPS) is 11.9.